The average Bonchev–Trinajstić information content (AvgIpc) is 2.56. The minimum absolute atomic E-state index is 0.0312. The van der Waals surface area contributed by atoms with E-state index < -0.39 is 0 Å². The van der Waals surface area contributed by atoms with E-state index in [9.17, 15) is 4.79 Å². The van der Waals surface area contributed by atoms with E-state index in [-0.39, 0.29) is 11.9 Å². The molecule has 2 aliphatic rings. The summed E-state index contributed by atoms with van der Waals surface area (Å²) in [6.07, 6.45) is 1.75. The fourth-order valence-corrected chi connectivity index (χ4v) is 2.69. The van der Waals surface area contributed by atoms with Crippen molar-refractivity contribution in [3.63, 3.8) is 0 Å². The zero-order chi connectivity index (χ0) is 14.7. The molecule has 21 heavy (non-hydrogen) atoms. The van der Waals surface area contributed by atoms with Gasteiger partial charge in [-0.25, -0.2) is 9.97 Å². The second-order valence-electron chi connectivity index (χ2n) is 5.18. The molecule has 1 aromatic rings. The number of rotatable bonds is 2. The normalized spacial score (nSPS) is 23.2. The highest BCUT2D eigenvalue weighted by atomic mass is 16.5. The maximum atomic E-state index is 11.8. The Morgan fingerprint density at radius 1 is 1.24 bits per heavy atom. The summed E-state index contributed by atoms with van der Waals surface area (Å²) >= 11 is 0. The van der Waals surface area contributed by atoms with Crippen LogP contribution in [0.15, 0.2) is 12.3 Å². The van der Waals surface area contributed by atoms with Crippen molar-refractivity contribution in [2.75, 3.05) is 51.0 Å². The summed E-state index contributed by atoms with van der Waals surface area (Å²) in [7, 11) is 0. The van der Waals surface area contributed by atoms with Crippen LogP contribution in [-0.2, 0) is 14.3 Å². The van der Waals surface area contributed by atoms with Crippen LogP contribution in [0.1, 0.15) is 18.8 Å². The molecular weight excluding hydrogens is 272 g/mol. The highest BCUT2D eigenvalue weighted by Crippen LogP contribution is 2.23. The molecule has 0 saturated carbocycles. The Labute approximate surface area is 123 Å². The summed E-state index contributed by atoms with van der Waals surface area (Å²) in [5.41, 5.74) is 0. The van der Waals surface area contributed by atoms with Crippen LogP contribution < -0.4 is 4.90 Å². The van der Waals surface area contributed by atoms with Gasteiger partial charge in [-0.05, 0) is 6.07 Å². The Bertz CT molecular complexity index is 505. The van der Waals surface area contributed by atoms with Crippen LogP contribution in [0, 0.1) is 0 Å². The standard InChI is InChI=1S/C14H20N4O3/c1-11(19)18-6-9-21-10-12(18)14-15-3-2-13(16-14)17-4-7-20-8-5-17/h2-3,12H,4-10H2,1H3/t12-/m1/s1. The van der Waals surface area contributed by atoms with Gasteiger partial charge in [-0.1, -0.05) is 0 Å². The summed E-state index contributed by atoms with van der Waals surface area (Å²) in [5.74, 6) is 1.56. The second kappa shape index (κ2) is 6.36. The molecule has 0 N–H and O–H groups in total. The second-order valence-corrected chi connectivity index (χ2v) is 5.18. The molecule has 0 radical (unpaired) electrons. The van der Waals surface area contributed by atoms with Crippen LogP contribution in [0.2, 0.25) is 0 Å². The Kier molecular flexibility index (Phi) is 4.31. The van der Waals surface area contributed by atoms with E-state index in [0.717, 1.165) is 18.9 Å². The van der Waals surface area contributed by atoms with E-state index in [0.29, 0.717) is 38.8 Å². The van der Waals surface area contributed by atoms with Gasteiger partial charge in [-0.15, -0.1) is 0 Å². The lowest BCUT2D eigenvalue weighted by atomic mass is 10.2. The highest BCUT2D eigenvalue weighted by Gasteiger charge is 2.29. The van der Waals surface area contributed by atoms with Crippen LogP contribution in [0.25, 0.3) is 0 Å². The fourth-order valence-electron chi connectivity index (χ4n) is 2.69. The monoisotopic (exact) mass is 292 g/mol. The topological polar surface area (TPSA) is 67.8 Å². The third kappa shape index (κ3) is 3.14. The Balaban J connectivity index is 1.82. The van der Waals surface area contributed by atoms with Gasteiger partial charge in [0.2, 0.25) is 5.91 Å². The van der Waals surface area contributed by atoms with Crippen molar-refractivity contribution in [2.45, 2.75) is 13.0 Å². The lowest BCUT2D eigenvalue weighted by Gasteiger charge is -2.34. The van der Waals surface area contributed by atoms with Crippen molar-refractivity contribution in [2.24, 2.45) is 0 Å². The first-order valence-electron chi connectivity index (χ1n) is 7.26. The van der Waals surface area contributed by atoms with E-state index in [1.54, 1.807) is 18.0 Å². The van der Waals surface area contributed by atoms with E-state index >= 15 is 0 Å². The molecule has 3 heterocycles. The van der Waals surface area contributed by atoms with Gasteiger partial charge in [-0.2, -0.15) is 0 Å². The molecule has 0 bridgehead atoms. The highest BCUT2D eigenvalue weighted by molar-refractivity contribution is 5.73. The molecule has 2 saturated heterocycles. The molecule has 2 fully saturated rings. The third-order valence-corrected chi connectivity index (χ3v) is 3.83. The lowest BCUT2D eigenvalue weighted by Crippen LogP contribution is -2.43. The van der Waals surface area contributed by atoms with E-state index in [1.165, 1.54) is 0 Å². The molecular formula is C14H20N4O3. The molecule has 2 aliphatic heterocycles. The number of amides is 1. The van der Waals surface area contributed by atoms with Crippen molar-refractivity contribution in [1.82, 2.24) is 14.9 Å². The first kappa shape index (κ1) is 14.2. The van der Waals surface area contributed by atoms with Gasteiger partial charge < -0.3 is 19.3 Å². The van der Waals surface area contributed by atoms with Gasteiger partial charge in [0.05, 0.1) is 26.4 Å². The number of hydrogen-bond donors (Lipinski definition) is 0. The number of morpholine rings is 2. The molecule has 1 atom stereocenters. The van der Waals surface area contributed by atoms with Gasteiger partial charge in [-0.3, -0.25) is 4.79 Å². The lowest BCUT2D eigenvalue weighted by molar-refractivity contribution is -0.138. The minimum atomic E-state index is -0.197. The SMILES string of the molecule is CC(=O)N1CCOC[C@@H]1c1nccc(N2CCOCC2)n1. The van der Waals surface area contributed by atoms with Crippen LogP contribution in [-0.4, -0.2) is 66.8 Å². The maximum absolute atomic E-state index is 11.8. The summed E-state index contributed by atoms with van der Waals surface area (Å²) in [4.78, 5) is 24.7. The van der Waals surface area contributed by atoms with Gasteiger partial charge in [0.15, 0.2) is 5.82 Å². The van der Waals surface area contributed by atoms with Crippen molar-refractivity contribution >= 4 is 11.7 Å². The summed E-state index contributed by atoms with van der Waals surface area (Å²) in [6, 6.07) is 1.70. The third-order valence-electron chi connectivity index (χ3n) is 3.83. The zero-order valence-electron chi connectivity index (χ0n) is 12.2. The molecule has 1 aromatic heterocycles. The van der Waals surface area contributed by atoms with Crippen molar-refractivity contribution < 1.29 is 14.3 Å². The van der Waals surface area contributed by atoms with Crippen molar-refractivity contribution in [3.05, 3.63) is 18.1 Å². The number of aromatic nitrogens is 2. The number of ether oxygens (including phenoxy) is 2. The average molecular weight is 292 g/mol. The number of nitrogens with zero attached hydrogens (tertiary/aromatic N) is 4. The number of carbonyl (C=O) groups is 1. The first-order valence-corrected chi connectivity index (χ1v) is 7.26. The van der Waals surface area contributed by atoms with E-state index in [1.807, 2.05) is 6.07 Å². The Morgan fingerprint density at radius 2 is 2.00 bits per heavy atom. The number of hydrogen-bond acceptors (Lipinski definition) is 6. The molecule has 0 aliphatic carbocycles. The predicted octanol–water partition coefficient (Wildman–Crippen LogP) is 0.233. The van der Waals surface area contributed by atoms with Gasteiger partial charge in [0.25, 0.3) is 0 Å². The fraction of sp³-hybridized carbons (Fsp3) is 0.643. The van der Waals surface area contributed by atoms with Crippen LogP contribution in [0.3, 0.4) is 0 Å². The Hall–Kier alpha value is -1.73. The molecule has 0 aromatic carbocycles. The van der Waals surface area contributed by atoms with Crippen LogP contribution in [0.5, 0.6) is 0 Å². The van der Waals surface area contributed by atoms with Crippen LogP contribution >= 0.6 is 0 Å². The molecule has 114 valence electrons. The smallest absolute Gasteiger partial charge is 0.220 e. The number of anilines is 1. The molecule has 1 amide bonds. The quantitative estimate of drug-likeness (QED) is 0.777. The molecule has 7 heteroatoms. The summed E-state index contributed by atoms with van der Waals surface area (Å²) < 4.78 is 10.9. The van der Waals surface area contributed by atoms with Gasteiger partial charge >= 0.3 is 0 Å². The van der Waals surface area contributed by atoms with Crippen LogP contribution in [0.4, 0.5) is 5.82 Å². The molecule has 0 spiro atoms. The first-order chi connectivity index (χ1) is 10.3. The van der Waals surface area contributed by atoms with Gasteiger partial charge in [0.1, 0.15) is 11.9 Å². The summed E-state index contributed by atoms with van der Waals surface area (Å²) in [6.45, 7) is 6.26. The predicted molar refractivity (Wildman–Crippen MR) is 76.0 cm³/mol. The van der Waals surface area contributed by atoms with Gasteiger partial charge in [0, 0.05) is 32.8 Å². The van der Waals surface area contributed by atoms with Crippen molar-refractivity contribution in [1.29, 1.82) is 0 Å². The van der Waals surface area contributed by atoms with Crippen molar-refractivity contribution in [3.8, 4) is 0 Å². The molecule has 3 rings (SSSR count). The number of carbonyl (C=O) groups excluding carboxylic acids is 1. The molecule has 7 nitrogen and oxygen atoms in total. The summed E-state index contributed by atoms with van der Waals surface area (Å²) in [5, 5.41) is 0. The largest absolute Gasteiger partial charge is 0.378 e. The van der Waals surface area contributed by atoms with E-state index in [4.69, 9.17) is 9.47 Å². The maximum Gasteiger partial charge on any atom is 0.220 e. The minimum Gasteiger partial charge on any atom is -0.378 e. The zero-order valence-corrected chi connectivity index (χ0v) is 12.2. The Morgan fingerprint density at radius 3 is 2.76 bits per heavy atom. The van der Waals surface area contributed by atoms with E-state index in [2.05, 4.69) is 14.9 Å². The molecule has 0 unspecified atom stereocenters.